The average Bonchev–Trinajstić information content (AvgIpc) is 3.07. The number of aromatic amines is 1. The number of halogens is 1. The lowest BCUT2D eigenvalue weighted by molar-refractivity contribution is -0.159. The Balaban J connectivity index is 1.68. The second kappa shape index (κ2) is 4.43. The molecular weight excluding hydrogens is 257 g/mol. The van der Waals surface area contributed by atoms with Crippen LogP contribution in [0.5, 0.6) is 0 Å². The number of benzene rings is 1. The molecule has 0 bridgehead atoms. The summed E-state index contributed by atoms with van der Waals surface area (Å²) in [6.07, 6.45) is 6.75. The topological polar surface area (TPSA) is 34.2 Å². The molecule has 1 aromatic carbocycles. The lowest BCUT2D eigenvalue weighted by atomic mass is 9.90. The Bertz CT molecular complexity index is 683. The fraction of sp³-hybridized carbons (Fsp3) is 0.375. The van der Waals surface area contributed by atoms with E-state index in [1.807, 2.05) is 12.3 Å². The molecule has 1 aliphatic heterocycles. The Labute approximate surface area is 116 Å². The molecule has 3 nitrogen and oxygen atoms in total. The van der Waals surface area contributed by atoms with Crippen LogP contribution in [0.3, 0.4) is 0 Å². The summed E-state index contributed by atoms with van der Waals surface area (Å²) >= 11 is 0. The number of fused-ring (bicyclic) bond motifs is 1. The van der Waals surface area contributed by atoms with Gasteiger partial charge in [0.1, 0.15) is 5.82 Å². The molecule has 0 unspecified atom stereocenters. The third-order valence-electron chi connectivity index (χ3n) is 4.24. The number of rotatable bonds is 1. The van der Waals surface area contributed by atoms with Crippen molar-refractivity contribution in [2.24, 2.45) is 0 Å². The van der Waals surface area contributed by atoms with Crippen LogP contribution in [0.4, 0.5) is 4.39 Å². The molecule has 1 aromatic heterocycles. The van der Waals surface area contributed by atoms with Gasteiger partial charge in [-0.2, -0.15) is 0 Å². The molecule has 4 heteroatoms. The van der Waals surface area contributed by atoms with Gasteiger partial charge in [-0.1, -0.05) is 6.08 Å². The first-order valence-corrected chi connectivity index (χ1v) is 7.00. The summed E-state index contributed by atoms with van der Waals surface area (Å²) in [7, 11) is 0. The van der Waals surface area contributed by atoms with Crippen molar-refractivity contribution in [3.63, 3.8) is 0 Å². The van der Waals surface area contributed by atoms with E-state index in [4.69, 9.17) is 9.47 Å². The lowest BCUT2D eigenvalue weighted by Gasteiger charge is -2.30. The van der Waals surface area contributed by atoms with Gasteiger partial charge in [-0.25, -0.2) is 4.39 Å². The summed E-state index contributed by atoms with van der Waals surface area (Å²) < 4.78 is 24.7. The zero-order valence-corrected chi connectivity index (χ0v) is 11.1. The molecule has 0 radical (unpaired) electrons. The van der Waals surface area contributed by atoms with Crippen molar-refractivity contribution in [2.45, 2.75) is 25.0 Å². The highest BCUT2D eigenvalue weighted by Gasteiger charge is 2.37. The van der Waals surface area contributed by atoms with Crippen molar-refractivity contribution in [1.82, 2.24) is 4.98 Å². The first-order valence-electron chi connectivity index (χ1n) is 7.00. The van der Waals surface area contributed by atoms with E-state index < -0.39 is 0 Å². The molecule has 0 amide bonds. The largest absolute Gasteiger partial charge is 0.360 e. The van der Waals surface area contributed by atoms with Gasteiger partial charge in [-0.05, 0) is 30.2 Å². The molecule has 104 valence electrons. The van der Waals surface area contributed by atoms with Gasteiger partial charge in [0.25, 0.3) is 0 Å². The van der Waals surface area contributed by atoms with Gasteiger partial charge in [-0.3, -0.25) is 0 Å². The summed E-state index contributed by atoms with van der Waals surface area (Å²) in [5, 5.41) is 1.07. The van der Waals surface area contributed by atoms with E-state index in [-0.39, 0.29) is 11.6 Å². The van der Waals surface area contributed by atoms with Crippen LogP contribution < -0.4 is 0 Å². The fourth-order valence-corrected chi connectivity index (χ4v) is 3.18. The van der Waals surface area contributed by atoms with Crippen molar-refractivity contribution in [3.8, 4) is 0 Å². The maximum atomic E-state index is 13.2. The third-order valence-corrected chi connectivity index (χ3v) is 4.24. The molecule has 0 saturated carbocycles. The van der Waals surface area contributed by atoms with Gasteiger partial charge >= 0.3 is 0 Å². The van der Waals surface area contributed by atoms with E-state index in [1.54, 1.807) is 0 Å². The minimum atomic E-state index is -0.387. The SMILES string of the molecule is Fc1ccc2c(C3=CCC4(CC3)OCCO4)c[nH]c2c1. The number of nitrogens with one attached hydrogen (secondary N) is 1. The maximum absolute atomic E-state index is 13.2. The van der Waals surface area contributed by atoms with Crippen LogP contribution >= 0.6 is 0 Å². The second-order valence-electron chi connectivity index (χ2n) is 5.43. The Morgan fingerprint density at radius 3 is 2.80 bits per heavy atom. The molecule has 1 spiro atoms. The number of H-pyrrole nitrogens is 1. The van der Waals surface area contributed by atoms with Gasteiger partial charge in [-0.15, -0.1) is 0 Å². The second-order valence-corrected chi connectivity index (χ2v) is 5.43. The van der Waals surface area contributed by atoms with Gasteiger partial charge < -0.3 is 14.5 Å². The molecule has 1 fully saturated rings. The van der Waals surface area contributed by atoms with Crippen molar-refractivity contribution in [1.29, 1.82) is 0 Å². The van der Waals surface area contributed by atoms with Crippen LogP contribution in [0.1, 0.15) is 24.8 Å². The van der Waals surface area contributed by atoms with E-state index in [0.29, 0.717) is 13.2 Å². The molecule has 1 aliphatic carbocycles. The predicted molar refractivity (Wildman–Crippen MR) is 74.7 cm³/mol. The summed E-state index contributed by atoms with van der Waals surface area (Å²) in [6, 6.07) is 4.88. The highest BCUT2D eigenvalue weighted by atomic mass is 19.1. The van der Waals surface area contributed by atoms with Gasteiger partial charge in [0, 0.05) is 35.5 Å². The molecule has 2 aliphatic rings. The Kier molecular flexibility index (Phi) is 2.69. The summed E-state index contributed by atoms with van der Waals surface area (Å²) in [5.74, 6) is -0.600. The number of allylic oxidation sites excluding steroid dienone is 1. The van der Waals surface area contributed by atoms with Crippen LogP contribution in [-0.2, 0) is 9.47 Å². The van der Waals surface area contributed by atoms with Crippen molar-refractivity contribution < 1.29 is 13.9 Å². The predicted octanol–water partition coefficient (Wildman–Crippen LogP) is 3.62. The summed E-state index contributed by atoms with van der Waals surface area (Å²) in [4.78, 5) is 3.14. The number of aromatic nitrogens is 1. The van der Waals surface area contributed by atoms with Gasteiger partial charge in [0.2, 0.25) is 0 Å². The average molecular weight is 273 g/mol. The van der Waals surface area contributed by atoms with Crippen LogP contribution in [0.25, 0.3) is 16.5 Å². The Morgan fingerprint density at radius 2 is 2.05 bits per heavy atom. The third kappa shape index (κ3) is 1.87. The maximum Gasteiger partial charge on any atom is 0.172 e. The van der Waals surface area contributed by atoms with Gasteiger partial charge in [0.15, 0.2) is 5.79 Å². The zero-order chi connectivity index (χ0) is 13.6. The van der Waals surface area contributed by atoms with Crippen molar-refractivity contribution >= 4 is 16.5 Å². The number of hydrogen-bond acceptors (Lipinski definition) is 2. The zero-order valence-electron chi connectivity index (χ0n) is 11.1. The van der Waals surface area contributed by atoms with E-state index in [1.165, 1.54) is 17.7 Å². The van der Waals surface area contributed by atoms with E-state index >= 15 is 0 Å². The lowest BCUT2D eigenvalue weighted by Crippen LogP contribution is -2.31. The van der Waals surface area contributed by atoms with Crippen LogP contribution in [0, 0.1) is 5.82 Å². The van der Waals surface area contributed by atoms with Crippen molar-refractivity contribution in [3.05, 3.63) is 41.9 Å². The molecule has 2 aromatic rings. The summed E-state index contributed by atoms with van der Waals surface area (Å²) in [6.45, 7) is 1.38. The normalized spacial score (nSPS) is 21.6. The van der Waals surface area contributed by atoms with Crippen molar-refractivity contribution in [2.75, 3.05) is 13.2 Å². The molecule has 4 rings (SSSR count). The van der Waals surface area contributed by atoms with E-state index in [0.717, 1.165) is 35.7 Å². The first-order chi connectivity index (χ1) is 9.76. The van der Waals surface area contributed by atoms with E-state index in [2.05, 4.69) is 11.1 Å². The Hall–Kier alpha value is -1.65. The highest BCUT2D eigenvalue weighted by Crippen LogP contribution is 2.39. The monoisotopic (exact) mass is 273 g/mol. The smallest absolute Gasteiger partial charge is 0.172 e. The standard InChI is InChI=1S/C16H16FNO2/c17-12-1-2-13-14(10-18-15(13)9-12)11-3-5-16(6-4-11)19-7-8-20-16/h1-3,9-10,18H,4-8H2. The number of hydrogen-bond donors (Lipinski definition) is 1. The van der Waals surface area contributed by atoms with Crippen LogP contribution in [-0.4, -0.2) is 24.0 Å². The molecule has 20 heavy (non-hydrogen) atoms. The highest BCUT2D eigenvalue weighted by molar-refractivity contribution is 5.92. The molecule has 1 saturated heterocycles. The quantitative estimate of drug-likeness (QED) is 0.861. The number of ether oxygens (including phenoxy) is 2. The molecule has 2 heterocycles. The fourth-order valence-electron chi connectivity index (χ4n) is 3.18. The first kappa shape index (κ1) is 12.1. The molecule has 0 atom stereocenters. The Morgan fingerprint density at radius 1 is 1.20 bits per heavy atom. The molecule has 1 N–H and O–H groups in total. The summed E-state index contributed by atoms with van der Waals surface area (Å²) in [5.41, 5.74) is 3.29. The molecular formula is C16H16FNO2. The van der Waals surface area contributed by atoms with E-state index in [9.17, 15) is 4.39 Å². The minimum Gasteiger partial charge on any atom is -0.360 e. The van der Waals surface area contributed by atoms with Crippen LogP contribution in [0.15, 0.2) is 30.5 Å². The minimum absolute atomic E-state index is 0.213. The van der Waals surface area contributed by atoms with Crippen LogP contribution in [0.2, 0.25) is 0 Å². The van der Waals surface area contributed by atoms with Gasteiger partial charge in [0.05, 0.1) is 13.2 Å².